The van der Waals surface area contributed by atoms with Crippen molar-refractivity contribution in [2.45, 2.75) is 4.90 Å². The molecule has 7 heteroatoms. The maximum absolute atomic E-state index is 11.8. The lowest BCUT2D eigenvalue weighted by Crippen LogP contribution is -2.30. The van der Waals surface area contributed by atoms with E-state index in [1.54, 1.807) is 19.2 Å². The summed E-state index contributed by atoms with van der Waals surface area (Å²) in [6, 6.07) is 4.65. The van der Waals surface area contributed by atoms with Crippen LogP contribution in [0.1, 0.15) is 0 Å². The van der Waals surface area contributed by atoms with Gasteiger partial charge in [-0.25, -0.2) is 13.1 Å². The number of halogens is 2. The Bertz CT molecular complexity index is 465. The second kappa shape index (κ2) is 5.97. The lowest BCUT2D eigenvalue weighted by Gasteiger charge is -2.08. The molecule has 0 aliphatic carbocycles. The van der Waals surface area contributed by atoms with Gasteiger partial charge < -0.3 is 5.32 Å². The third kappa shape index (κ3) is 3.71. The first kappa shape index (κ1) is 13.9. The molecule has 0 bridgehead atoms. The van der Waals surface area contributed by atoms with Gasteiger partial charge in [0.2, 0.25) is 10.0 Å². The molecular formula is C9H12BrClN2O2S. The van der Waals surface area contributed by atoms with Crippen molar-refractivity contribution in [1.29, 1.82) is 0 Å². The minimum absolute atomic E-state index is 0.0912. The summed E-state index contributed by atoms with van der Waals surface area (Å²) in [4.78, 5) is 0.0912. The molecule has 4 nitrogen and oxygen atoms in total. The zero-order valence-electron chi connectivity index (χ0n) is 8.63. The van der Waals surface area contributed by atoms with Crippen LogP contribution < -0.4 is 10.0 Å². The molecule has 0 saturated carbocycles. The van der Waals surface area contributed by atoms with Crippen molar-refractivity contribution in [3.05, 3.63) is 27.7 Å². The maximum Gasteiger partial charge on any atom is 0.242 e. The van der Waals surface area contributed by atoms with Crippen LogP contribution in [0.4, 0.5) is 0 Å². The van der Waals surface area contributed by atoms with E-state index < -0.39 is 10.0 Å². The van der Waals surface area contributed by atoms with Crippen LogP contribution in [-0.2, 0) is 10.0 Å². The molecular weight excluding hydrogens is 316 g/mol. The quantitative estimate of drug-likeness (QED) is 0.808. The van der Waals surface area contributed by atoms with E-state index in [9.17, 15) is 8.42 Å². The Labute approximate surface area is 109 Å². The molecule has 16 heavy (non-hydrogen) atoms. The Balaban J connectivity index is 2.90. The molecule has 90 valence electrons. The van der Waals surface area contributed by atoms with Gasteiger partial charge in [-0.2, -0.15) is 0 Å². The first-order chi connectivity index (χ1) is 7.47. The summed E-state index contributed by atoms with van der Waals surface area (Å²) in [5, 5.41) is 3.05. The van der Waals surface area contributed by atoms with E-state index in [0.717, 1.165) is 4.47 Å². The van der Waals surface area contributed by atoms with Gasteiger partial charge in [-0.05, 0) is 25.2 Å². The van der Waals surface area contributed by atoms with E-state index in [1.165, 1.54) is 6.07 Å². The highest BCUT2D eigenvalue weighted by atomic mass is 79.9. The van der Waals surface area contributed by atoms with Crippen molar-refractivity contribution in [1.82, 2.24) is 10.0 Å². The molecule has 1 aromatic rings. The van der Waals surface area contributed by atoms with Crippen molar-refractivity contribution >= 4 is 37.6 Å². The minimum atomic E-state index is -3.52. The Morgan fingerprint density at radius 1 is 1.38 bits per heavy atom. The van der Waals surface area contributed by atoms with Crippen LogP contribution >= 0.6 is 27.5 Å². The van der Waals surface area contributed by atoms with Gasteiger partial charge in [-0.1, -0.05) is 27.5 Å². The summed E-state index contributed by atoms with van der Waals surface area (Å²) in [6.07, 6.45) is 0. The highest BCUT2D eigenvalue weighted by Gasteiger charge is 2.16. The zero-order chi connectivity index (χ0) is 12.2. The highest BCUT2D eigenvalue weighted by molar-refractivity contribution is 9.10. The second-order valence-electron chi connectivity index (χ2n) is 3.08. The smallest absolute Gasteiger partial charge is 0.242 e. The fourth-order valence-electron chi connectivity index (χ4n) is 1.08. The van der Waals surface area contributed by atoms with Crippen LogP contribution in [-0.4, -0.2) is 28.6 Å². The summed E-state index contributed by atoms with van der Waals surface area (Å²) < 4.78 is 26.8. The zero-order valence-corrected chi connectivity index (χ0v) is 11.8. The lowest BCUT2D eigenvalue weighted by molar-refractivity contribution is 0.579. The van der Waals surface area contributed by atoms with Crippen LogP contribution in [0.3, 0.4) is 0 Å². The third-order valence-electron chi connectivity index (χ3n) is 1.85. The Kier molecular flexibility index (Phi) is 5.20. The van der Waals surface area contributed by atoms with Crippen molar-refractivity contribution in [2.24, 2.45) is 0 Å². The molecule has 0 heterocycles. The first-order valence-electron chi connectivity index (χ1n) is 4.56. The van der Waals surface area contributed by atoms with Crippen LogP contribution in [0.15, 0.2) is 27.6 Å². The van der Waals surface area contributed by atoms with Gasteiger partial charge in [0.05, 0.1) is 5.02 Å². The van der Waals surface area contributed by atoms with E-state index in [-0.39, 0.29) is 9.92 Å². The average molecular weight is 328 g/mol. The summed E-state index contributed by atoms with van der Waals surface area (Å²) in [7, 11) is -1.77. The molecule has 0 aliphatic heterocycles. The van der Waals surface area contributed by atoms with Crippen LogP contribution in [0, 0.1) is 0 Å². The topological polar surface area (TPSA) is 58.2 Å². The van der Waals surface area contributed by atoms with Crippen molar-refractivity contribution in [3.8, 4) is 0 Å². The first-order valence-corrected chi connectivity index (χ1v) is 7.22. The summed E-state index contributed by atoms with van der Waals surface area (Å²) in [6.45, 7) is 0.888. The number of hydrogen-bond acceptors (Lipinski definition) is 3. The fraction of sp³-hybridized carbons (Fsp3) is 0.333. The monoisotopic (exact) mass is 326 g/mol. The lowest BCUT2D eigenvalue weighted by atomic mass is 10.4. The number of rotatable bonds is 5. The molecule has 1 aromatic carbocycles. The largest absolute Gasteiger partial charge is 0.318 e. The van der Waals surface area contributed by atoms with Gasteiger partial charge in [-0.3, -0.25) is 0 Å². The average Bonchev–Trinajstić information content (AvgIpc) is 2.17. The molecule has 0 atom stereocenters. The number of hydrogen-bond donors (Lipinski definition) is 2. The standard InChI is InChI=1S/C9H12BrClN2O2S/c1-12-4-5-13-16(14,15)9-3-2-7(10)6-8(9)11/h2-3,6,12-13H,4-5H2,1H3. The predicted molar refractivity (Wildman–Crippen MR) is 68.3 cm³/mol. The Hall–Kier alpha value is -0.140. The van der Waals surface area contributed by atoms with Gasteiger partial charge in [0, 0.05) is 17.6 Å². The third-order valence-corrected chi connectivity index (χ3v) is 4.29. The number of likely N-dealkylation sites (N-methyl/N-ethyl adjacent to an activating group) is 1. The summed E-state index contributed by atoms with van der Waals surface area (Å²) in [5.74, 6) is 0. The SMILES string of the molecule is CNCCNS(=O)(=O)c1ccc(Br)cc1Cl. The van der Waals surface area contributed by atoms with Gasteiger partial charge in [0.25, 0.3) is 0 Å². The molecule has 0 aliphatic rings. The number of sulfonamides is 1. The molecule has 2 N–H and O–H groups in total. The maximum atomic E-state index is 11.8. The van der Waals surface area contributed by atoms with Crippen LogP contribution in [0.5, 0.6) is 0 Å². The number of nitrogens with one attached hydrogen (secondary N) is 2. The highest BCUT2D eigenvalue weighted by Crippen LogP contribution is 2.24. The molecule has 0 saturated heterocycles. The van der Waals surface area contributed by atoms with E-state index in [0.29, 0.717) is 13.1 Å². The molecule has 0 unspecified atom stereocenters. The van der Waals surface area contributed by atoms with Crippen molar-refractivity contribution in [2.75, 3.05) is 20.1 Å². The van der Waals surface area contributed by atoms with Crippen molar-refractivity contribution in [3.63, 3.8) is 0 Å². The Morgan fingerprint density at radius 3 is 2.62 bits per heavy atom. The molecule has 0 amide bonds. The Morgan fingerprint density at radius 2 is 2.06 bits per heavy atom. The van der Waals surface area contributed by atoms with E-state index in [1.807, 2.05) is 0 Å². The van der Waals surface area contributed by atoms with Gasteiger partial charge in [0.1, 0.15) is 4.90 Å². The van der Waals surface area contributed by atoms with Crippen LogP contribution in [0.25, 0.3) is 0 Å². The van der Waals surface area contributed by atoms with Gasteiger partial charge in [0.15, 0.2) is 0 Å². The van der Waals surface area contributed by atoms with Crippen LogP contribution in [0.2, 0.25) is 5.02 Å². The molecule has 0 spiro atoms. The normalized spacial score (nSPS) is 11.7. The van der Waals surface area contributed by atoms with Crippen molar-refractivity contribution < 1.29 is 8.42 Å². The van der Waals surface area contributed by atoms with E-state index >= 15 is 0 Å². The molecule has 1 rings (SSSR count). The summed E-state index contributed by atoms with van der Waals surface area (Å²) in [5.41, 5.74) is 0. The predicted octanol–water partition coefficient (Wildman–Crippen LogP) is 1.60. The number of benzene rings is 1. The van der Waals surface area contributed by atoms with E-state index in [4.69, 9.17) is 11.6 Å². The van der Waals surface area contributed by atoms with Gasteiger partial charge in [-0.15, -0.1) is 0 Å². The second-order valence-corrected chi connectivity index (χ2v) is 6.13. The fourth-order valence-corrected chi connectivity index (χ4v) is 3.15. The molecule has 0 radical (unpaired) electrons. The van der Waals surface area contributed by atoms with E-state index in [2.05, 4.69) is 26.0 Å². The molecule has 0 fully saturated rings. The van der Waals surface area contributed by atoms with Gasteiger partial charge >= 0.3 is 0 Å². The summed E-state index contributed by atoms with van der Waals surface area (Å²) >= 11 is 9.08. The molecule has 0 aromatic heterocycles. The minimum Gasteiger partial charge on any atom is -0.318 e.